The molecule has 0 radical (unpaired) electrons. The van der Waals surface area contributed by atoms with Gasteiger partial charge in [0.25, 0.3) is 0 Å². The first-order valence-electron chi connectivity index (χ1n) is 7.35. The average molecular weight is 334 g/mol. The highest BCUT2D eigenvalue weighted by Gasteiger charge is 2.07. The molecule has 0 spiro atoms. The molecular formula is C18H20ClNOS. The summed E-state index contributed by atoms with van der Waals surface area (Å²) in [5.41, 5.74) is 1.25. The van der Waals surface area contributed by atoms with Gasteiger partial charge in [0.2, 0.25) is 5.91 Å². The SMILES string of the molecule is C[C@@H](CNC(=O)CCSc1ccc(Cl)cc1)c1ccccc1. The van der Waals surface area contributed by atoms with Gasteiger partial charge < -0.3 is 5.32 Å². The second-order valence-electron chi connectivity index (χ2n) is 5.17. The normalized spacial score (nSPS) is 11.9. The molecule has 2 aromatic rings. The van der Waals surface area contributed by atoms with E-state index in [4.69, 9.17) is 11.6 Å². The van der Waals surface area contributed by atoms with Gasteiger partial charge in [0.15, 0.2) is 0 Å². The third-order valence-electron chi connectivity index (χ3n) is 3.39. The predicted octanol–water partition coefficient (Wildman–Crippen LogP) is 4.74. The van der Waals surface area contributed by atoms with E-state index in [9.17, 15) is 4.79 Å². The fourth-order valence-corrected chi connectivity index (χ4v) is 3.02. The maximum absolute atomic E-state index is 11.9. The van der Waals surface area contributed by atoms with Gasteiger partial charge in [0, 0.05) is 28.6 Å². The monoisotopic (exact) mass is 333 g/mol. The molecule has 116 valence electrons. The number of hydrogen-bond acceptors (Lipinski definition) is 2. The summed E-state index contributed by atoms with van der Waals surface area (Å²) in [7, 11) is 0. The lowest BCUT2D eigenvalue weighted by molar-refractivity contribution is -0.120. The van der Waals surface area contributed by atoms with Crippen molar-refractivity contribution in [1.29, 1.82) is 0 Å². The van der Waals surface area contributed by atoms with Gasteiger partial charge in [-0.15, -0.1) is 11.8 Å². The fraction of sp³-hybridized carbons (Fsp3) is 0.278. The topological polar surface area (TPSA) is 29.1 Å². The van der Waals surface area contributed by atoms with Crippen LogP contribution in [0.25, 0.3) is 0 Å². The second kappa shape index (κ2) is 8.86. The summed E-state index contributed by atoms with van der Waals surface area (Å²) in [5.74, 6) is 1.20. The molecule has 4 heteroatoms. The smallest absolute Gasteiger partial charge is 0.220 e. The Morgan fingerprint density at radius 2 is 1.82 bits per heavy atom. The van der Waals surface area contributed by atoms with E-state index in [1.807, 2.05) is 42.5 Å². The number of thioether (sulfide) groups is 1. The minimum Gasteiger partial charge on any atom is -0.355 e. The number of carbonyl (C=O) groups is 1. The zero-order chi connectivity index (χ0) is 15.8. The van der Waals surface area contributed by atoms with Gasteiger partial charge in [-0.1, -0.05) is 48.9 Å². The van der Waals surface area contributed by atoms with Gasteiger partial charge in [-0.25, -0.2) is 0 Å². The Balaban J connectivity index is 1.66. The summed E-state index contributed by atoms with van der Waals surface area (Å²) in [6.07, 6.45) is 0.523. The largest absolute Gasteiger partial charge is 0.355 e. The zero-order valence-electron chi connectivity index (χ0n) is 12.6. The third-order valence-corrected chi connectivity index (χ3v) is 4.65. The van der Waals surface area contributed by atoms with E-state index in [1.165, 1.54) is 5.56 Å². The quantitative estimate of drug-likeness (QED) is 0.741. The predicted molar refractivity (Wildman–Crippen MR) is 94.7 cm³/mol. The van der Waals surface area contributed by atoms with Crippen molar-refractivity contribution in [3.05, 3.63) is 65.2 Å². The first-order chi connectivity index (χ1) is 10.6. The van der Waals surface area contributed by atoms with Crippen LogP contribution in [0.15, 0.2) is 59.5 Å². The number of amides is 1. The maximum atomic E-state index is 11.9. The van der Waals surface area contributed by atoms with Crippen LogP contribution in [0.5, 0.6) is 0 Å². The molecule has 0 heterocycles. The Kier molecular flexibility index (Phi) is 6.81. The van der Waals surface area contributed by atoms with Crippen LogP contribution in [0, 0.1) is 0 Å². The number of hydrogen-bond donors (Lipinski definition) is 1. The molecule has 0 fully saturated rings. The molecule has 0 aliphatic rings. The molecule has 2 nitrogen and oxygen atoms in total. The van der Waals surface area contributed by atoms with Crippen molar-refractivity contribution < 1.29 is 4.79 Å². The van der Waals surface area contributed by atoms with Crippen molar-refractivity contribution in [2.45, 2.75) is 24.2 Å². The number of halogens is 1. The lowest BCUT2D eigenvalue weighted by atomic mass is 10.0. The van der Waals surface area contributed by atoms with E-state index in [2.05, 4.69) is 24.4 Å². The van der Waals surface area contributed by atoms with E-state index >= 15 is 0 Å². The van der Waals surface area contributed by atoms with Crippen molar-refractivity contribution in [1.82, 2.24) is 5.32 Å². The molecule has 0 aromatic heterocycles. The van der Waals surface area contributed by atoms with Crippen molar-refractivity contribution >= 4 is 29.3 Å². The van der Waals surface area contributed by atoms with E-state index in [1.54, 1.807) is 11.8 Å². The zero-order valence-corrected chi connectivity index (χ0v) is 14.2. The Morgan fingerprint density at radius 1 is 1.14 bits per heavy atom. The van der Waals surface area contributed by atoms with Crippen LogP contribution in [-0.4, -0.2) is 18.2 Å². The Hall–Kier alpha value is -1.45. The van der Waals surface area contributed by atoms with Crippen LogP contribution in [0.4, 0.5) is 0 Å². The molecule has 0 saturated carbocycles. The van der Waals surface area contributed by atoms with Crippen LogP contribution in [0.3, 0.4) is 0 Å². The molecule has 0 unspecified atom stereocenters. The van der Waals surface area contributed by atoms with Crippen LogP contribution < -0.4 is 5.32 Å². The summed E-state index contributed by atoms with van der Waals surface area (Å²) in [4.78, 5) is 13.0. The first kappa shape index (κ1) is 16.9. The molecule has 2 rings (SSSR count). The second-order valence-corrected chi connectivity index (χ2v) is 6.77. The highest BCUT2D eigenvalue weighted by atomic mass is 35.5. The Labute approximate surface area is 141 Å². The van der Waals surface area contributed by atoms with E-state index in [0.29, 0.717) is 18.9 Å². The minimum atomic E-state index is 0.101. The average Bonchev–Trinajstić information content (AvgIpc) is 2.55. The molecule has 1 amide bonds. The highest BCUT2D eigenvalue weighted by Crippen LogP contribution is 2.21. The molecule has 0 aliphatic carbocycles. The molecule has 0 saturated heterocycles. The summed E-state index contributed by atoms with van der Waals surface area (Å²) < 4.78 is 0. The van der Waals surface area contributed by atoms with E-state index in [0.717, 1.165) is 15.7 Å². The molecule has 0 aliphatic heterocycles. The number of benzene rings is 2. The van der Waals surface area contributed by atoms with E-state index < -0.39 is 0 Å². The van der Waals surface area contributed by atoms with E-state index in [-0.39, 0.29) is 5.91 Å². The lowest BCUT2D eigenvalue weighted by Crippen LogP contribution is -2.27. The van der Waals surface area contributed by atoms with Crippen molar-refractivity contribution in [3.63, 3.8) is 0 Å². The van der Waals surface area contributed by atoms with Crippen LogP contribution in [-0.2, 0) is 4.79 Å². The molecule has 1 atom stereocenters. The molecular weight excluding hydrogens is 314 g/mol. The summed E-state index contributed by atoms with van der Waals surface area (Å²) in [6.45, 7) is 2.80. The van der Waals surface area contributed by atoms with Crippen molar-refractivity contribution in [2.24, 2.45) is 0 Å². The molecule has 0 bridgehead atoms. The van der Waals surface area contributed by atoms with Gasteiger partial charge in [-0.3, -0.25) is 4.79 Å². The number of rotatable bonds is 7. The van der Waals surface area contributed by atoms with Gasteiger partial charge in [0.1, 0.15) is 0 Å². The molecule has 2 aromatic carbocycles. The van der Waals surface area contributed by atoms with Crippen LogP contribution >= 0.6 is 23.4 Å². The third kappa shape index (κ3) is 5.74. The lowest BCUT2D eigenvalue weighted by Gasteiger charge is -2.13. The van der Waals surface area contributed by atoms with Gasteiger partial charge in [-0.2, -0.15) is 0 Å². The van der Waals surface area contributed by atoms with Crippen molar-refractivity contribution in [2.75, 3.05) is 12.3 Å². The Bertz CT molecular complexity index is 586. The molecule has 1 N–H and O–H groups in total. The van der Waals surface area contributed by atoms with Crippen molar-refractivity contribution in [3.8, 4) is 0 Å². The summed E-state index contributed by atoms with van der Waals surface area (Å²) in [6, 6.07) is 17.9. The number of nitrogens with one attached hydrogen (secondary N) is 1. The first-order valence-corrected chi connectivity index (χ1v) is 8.71. The molecule has 22 heavy (non-hydrogen) atoms. The van der Waals surface area contributed by atoms with Gasteiger partial charge in [-0.05, 0) is 35.7 Å². The summed E-state index contributed by atoms with van der Waals surface area (Å²) >= 11 is 7.51. The minimum absolute atomic E-state index is 0.101. The van der Waals surface area contributed by atoms with Crippen LogP contribution in [0.2, 0.25) is 5.02 Å². The standard InChI is InChI=1S/C18H20ClNOS/c1-14(15-5-3-2-4-6-15)13-20-18(21)11-12-22-17-9-7-16(19)8-10-17/h2-10,14H,11-13H2,1H3,(H,20,21)/t14-/m0/s1. The van der Waals surface area contributed by atoms with Gasteiger partial charge in [0.05, 0.1) is 0 Å². The fourth-order valence-electron chi connectivity index (χ4n) is 2.05. The Morgan fingerprint density at radius 3 is 2.50 bits per heavy atom. The number of carbonyl (C=O) groups excluding carboxylic acids is 1. The maximum Gasteiger partial charge on any atom is 0.220 e. The van der Waals surface area contributed by atoms with Crippen LogP contribution in [0.1, 0.15) is 24.8 Å². The van der Waals surface area contributed by atoms with Gasteiger partial charge >= 0.3 is 0 Å². The highest BCUT2D eigenvalue weighted by molar-refractivity contribution is 7.99. The summed E-state index contributed by atoms with van der Waals surface area (Å²) in [5, 5.41) is 3.74.